The number of piperidine rings is 1. The van der Waals surface area contributed by atoms with Gasteiger partial charge in [0, 0.05) is 38.3 Å². The molecule has 0 aromatic rings. The molecule has 124 valence electrons. The van der Waals surface area contributed by atoms with Crippen molar-refractivity contribution in [2.24, 2.45) is 17.3 Å². The molecule has 4 nitrogen and oxygen atoms in total. The molecule has 2 aliphatic heterocycles. The first-order valence-electron chi connectivity index (χ1n) is 9.36. The van der Waals surface area contributed by atoms with Crippen LogP contribution in [0.15, 0.2) is 0 Å². The zero-order valence-corrected chi connectivity index (χ0v) is 13.7. The highest BCUT2D eigenvalue weighted by molar-refractivity contribution is 5.83. The van der Waals surface area contributed by atoms with Crippen LogP contribution in [0.4, 0.5) is 0 Å². The van der Waals surface area contributed by atoms with E-state index >= 15 is 0 Å². The van der Waals surface area contributed by atoms with E-state index in [1.807, 2.05) is 0 Å². The summed E-state index contributed by atoms with van der Waals surface area (Å²) < 4.78 is 5.45. The summed E-state index contributed by atoms with van der Waals surface area (Å²) in [5.41, 5.74) is 0.466. The summed E-state index contributed by atoms with van der Waals surface area (Å²) >= 11 is 0. The molecular formula is C18H30N2O2. The topological polar surface area (TPSA) is 41.6 Å². The molecule has 2 saturated heterocycles. The molecule has 4 aliphatic rings. The summed E-state index contributed by atoms with van der Waals surface area (Å²) in [6, 6.07) is 0.427. The number of likely N-dealkylation sites (tertiary alicyclic amines) is 1. The van der Waals surface area contributed by atoms with Gasteiger partial charge in [-0.15, -0.1) is 0 Å². The maximum atomic E-state index is 12.3. The predicted octanol–water partition coefficient (Wildman–Crippen LogP) is 2.18. The maximum absolute atomic E-state index is 12.3. The summed E-state index contributed by atoms with van der Waals surface area (Å²) in [6.07, 6.45) is 9.90. The molecule has 4 fully saturated rings. The molecule has 4 heteroatoms. The van der Waals surface area contributed by atoms with E-state index in [4.69, 9.17) is 4.74 Å². The third-order valence-corrected chi connectivity index (χ3v) is 6.67. The number of amides is 1. The number of carbonyl (C=O) groups is 1. The van der Waals surface area contributed by atoms with Gasteiger partial charge in [-0.05, 0) is 62.8 Å². The predicted molar refractivity (Wildman–Crippen MR) is 85.5 cm³/mol. The van der Waals surface area contributed by atoms with Crippen molar-refractivity contribution in [2.45, 2.75) is 57.4 Å². The Morgan fingerprint density at radius 3 is 2.64 bits per heavy atom. The number of nitrogens with one attached hydrogen (secondary N) is 1. The SMILES string of the molecule is O=C(NC1CCN(CCC2CCOC2)CC1)C1CC12CCC2. The highest BCUT2D eigenvalue weighted by atomic mass is 16.5. The molecule has 1 N–H and O–H groups in total. The van der Waals surface area contributed by atoms with Gasteiger partial charge in [0.25, 0.3) is 0 Å². The summed E-state index contributed by atoms with van der Waals surface area (Å²) in [4.78, 5) is 14.9. The molecule has 22 heavy (non-hydrogen) atoms. The van der Waals surface area contributed by atoms with Gasteiger partial charge in [-0.25, -0.2) is 0 Å². The Morgan fingerprint density at radius 2 is 2.05 bits per heavy atom. The number of hydrogen-bond donors (Lipinski definition) is 1. The second kappa shape index (κ2) is 6.12. The lowest BCUT2D eigenvalue weighted by molar-refractivity contribution is -0.124. The van der Waals surface area contributed by atoms with E-state index in [1.165, 1.54) is 45.1 Å². The molecule has 0 radical (unpaired) electrons. The molecule has 0 bridgehead atoms. The number of nitrogens with zero attached hydrogens (tertiary/aromatic N) is 1. The van der Waals surface area contributed by atoms with Crippen LogP contribution in [0.5, 0.6) is 0 Å². The van der Waals surface area contributed by atoms with Gasteiger partial charge in [-0.3, -0.25) is 4.79 Å². The number of hydrogen-bond acceptors (Lipinski definition) is 3. The zero-order valence-electron chi connectivity index (χ0n) is 13.7. The molecule has 0 aromatic carbocycles. The molecule has 1 amide bonds. The van der Waals surface area contributed by atoms with Crippen LogP contribution in [0, 0.1) is 17.3 Å². The number of carbonyl (C=O) groups excluding carboxylic acids is 1. The van der Waals surface area contributed by atoms with Crippen molar-refractivity contribution in [1.29, 1.82) is 0 Å². The van der Waals surface area contributed by atoms with Crippen LogP contribution in [0.25, 0.3) is 0 Å². The van der Waals surface area contributed by atoms with Crippen molar-refractivity contribution < 1.29 is 9.53 Å². The minimum Gasteiger partial charge on any atom is -0.381 e. The first-order chi connectivity index (χ1) is 10.8. The average Bonchev–Trinajstić information content (AvgIpc) is 3.08. The Morgan fingerprint density at radius 1 is 1.23 bits per heavy atom. The summed E-state index contributed by atoms with van der Waals surface area (Å²) in [6.45, 7) is 5.43. The molecule has 0 aromatic heterocycles. The van der Waals surface area contributed by atoms with Gasteiger partial charge in [-0.2, -0.15) is 0 Å². The minimum absolute atomic E-state index is 0.362. The van der Waals surface area contributed by atoms with Crippen LogP contribution in [0.2, 0.25) is 0 Å². The third-order valence-electron chi connectivity index (χ3n) is 6.67. The molecule has 2 aliphatic carbocycles. The van der Waals surface area contributed by atoms with Crippen LogP contribution < -0.4 is 5.32 Å². The van der Waals surface area contributed by atoms with E-state index in [2.05, 4.69) is 10.2 Å². The fraction of sp³-hybridized carbons (Fsp3) is 0.944. The van der Waals surface area contributed by atoms with Crippen molar-refractivity contribution in [2.75, 3.05) is 32.8 Å². The van der Waals surface area contributed by atoms with Gasteiger partial charge in [0.15, 0.2) is 0 Å². The summed E-state index contributed by atoms with van der Waals surface area (Å²) in [7, 11) is 0. The highest BCUT2D eigenvalue weighted by Gasteiger charge is 2.60. The first-order valence-corrected chi connectivity index (χ1v) is 9.36. The van der Waals surface area contributed by atoms with E-state index in [0.29, 0.717) is 23.3 Å². The molecule has 1 spiro atoms. The summed E-state index contributed by atoms with van der Waals surface area (Å²) in [5, 5.41) is 3.34. The number of rotatable bonds is 5. The normalized spacial score (nSPS) is 34.5. The smallest absolute Gasteiger partial charge is 0.223 e. The minimum atomic E-state index is 0.362. The highest BCUT2D eigenvalue weighted by Crippen LogP contribution is 2.65. The Hall–Kier alpha value is -0.610. The Labute approximate surface area is 134 Å². The van der Waals surface area contributed by atoms with E-state index in [1.54, 1.807) is 0 Å². The van der Waals surface area contributed by atoms with Gasteiger partial charge < -0.3 is 15.0 Å². The second-order valence-corrected chi connectivity index (χ2v) is 8.12. The molecule has 4 rings (SSSR count). The van der Waals surface area contributed by atoms with Crippen molar-refractivity contribution in [3.05, 3.63) is 0 Å². The van der Waals surface area contributed by atoms with Crippen molar-refractivity contribution in [3.63, 3.8) is 0 Å². The third kappa shape index (κ3) is 3.05. The van der Waals surface area contributed by atoms with Crippen molar-refractivity contribution in [1.82, 2.24) is 10.2 Å². The fourth-order valence-electron chi connectivity index (χ4n) is 4.68. The molecule has 2 heterocycles. The Bertz CT molecular complexity index is 407. The molecule has 2 saturated carbocycles. The quantitative estimate of drug-likeness (QED) is 0.846. The van der Waals surface area contributed by atoms with Crippen LogP contribution in [0.1, 0.15) is 51.4 Å². The van der Waals surface area contributed by atoms with E-state index in [9.17, 15) is 4.79 Å². The van der Waals surface area contributed by atoms with Gasteiger partial charge >= 0.3 is 0 Å². The van der Waals surface area contributed by atoms with Gasteiger partial charge in [0.1, 0.15) is 0 Å². The average molecular weight is 306 g/mol. The molecular weight excluding hydrogens is 276 g/mol. The number of ether oxygens (including phenoxy) is 1. The Kier molecular flexibility index (Phi) is 4.16. The van der Waals surface area contributed by atoms with Gasteiger partial charge in [0.2, 0.25) is 5.91 Å². The van der Waals surface area contributed by atoms with Crippen molar-refractivity contribution in [3.8, 4) is 0 Å². The fourth-order valence-corrected chi connectivity index (χ4v) is 4.68. The van der Waals surface area contributed by atoms with E-state index in [-0.39, 0.29) is 0 Å². The van der Waals surface area contributed by atoms with Crippen LogP contribution >= 0.6 is 0 Å². The van der Waals surface area contributed by atoms with Gasteiger partial charge in [-0.1, -0.05) is 6.42 Å². The van der Waals surface area contributed by atoms with E-state index in [0.717, 1.165) is 45.1 Å². The van der Waals surface area contributed by atoms with Crippen LogP contribution in [-0.2, 0) is 9.53 Å². The first kappa shape index (κ1) is 14.9. The largest absolute Gasteiger partial charge is 0.381 e. The lowest BCUT2D eigenvalue weighted by Gasteiger charge is -2.33. The molecule has 2 unspecified atom stereocenters. The maximum Gasteiger partial charge on any atom is 0.223 e. The lowest BCUT2D eigenvalue weighted by atomic mass is 9.79. The summed E-state index contributed by atoms with van der Waals surface area (Å²) in [5.74, 6) is 1.51. The Balaban J connectivity index is 1.14. The van der Waals surface area contributed by atoms with Crippen LogP contribution in [0.3, 0.4) is 0 Å². The molecule has 2 atom stereocenters. The standard InChI is InChI=1S/C18H30N2O2/c21-17(16-12-18(16)6-1-7-18)19-15-3-9-20(10-4-15)8-2-14-5-11-22-13-14/h14-16H,1-13H2,(H,19,21). The second-order valence-electron chi connectivity index (χ2n) is 8.12. The lowest BCUT2D eigenvalue weighted by Crippen LogP contribution is -2.46. The van der Waals surface area contributed by atoms with E-state index < -0.39 is 0 Å². The van der Waals surface area contributed by atoms with Crippen molar-refractivity contribution >= 4 is 5.91 Å². The van der Waals surface area contributed by atoms with Crippen LogP contribution in [-0.4, -0.2) is 49.7 Å². The van der Waals surface area contributed by atoms with Gasteiger partial charge in [0.05, 0.1) is 0 Å². The monoisotopic (exact) mass is 306 g/mol. The zero-order chi connectivity index (χ0) is 15.0.